The van der Waals surface area contributed by atoms with Crippen LogP contribution in [-0.4, -0.2) is 60.0 Å². The molecule has 1 aliphatic heterocycles. The molecule has 15 heteroatoms. The van der Waals surface area contributed by atoms with E-state index in [1.807, 2.05) is 60.7 Å². The fraction of sp³-hybridized carbons (Fsp3) is 0.149. The Balaban J connectivity index is 0.000000171. The van der Waals surface area contributed by atoms with Gasteiger partial charge in [-0.3, -0.25) is 9.59 Å². The summed E-state index contributed by atoms with van der Waals surface area (Å²) in [6.45, 7) is 3.98. The second kappa shape index (κ2) is 17.8. The van der Waals surface area contributed by atoms with Gasteiger partial charge in [-0.25, -0.2) is 18.4 Å². The predicted molar refractivity (Wildman–Crippen MR) is 253 cm³/mol. The van der Waals surface area contributed by atoms with Gasteiger partial charge in [-0.15, -0.1) is 0 Å². The molecule has 0 spiro atoms. The summed E-state index contributed by atoms with van der Waals surface area (Å²) in [6, 6.07) is 36.7. The van der Waals surface area contributed by atoms with E-state index >= 15 is 0 Å². The monoisotopic (exact) mass is 884 g/mol. The zero-order chi connectivity index (χ0) is 43.5. The zero-order valence-electron chi connectivity index (χ0n) is 34.1. The largest absolute Gasteiger partial charge is 0.369 e. The number of nitrogens with one attached hydrogen (secondary N) is 3. The van der Waals surface area contributed by atoms with Crippen molar-refractivity contribution in [2.24, 2.45) is 14.1 Å². The zero-order valence-corrected chi connectivity index (χ0v) is 36.4. The van der Waals surface area contributed by atoms with Crippen molar-refractivity contribution in [3.63, 3.8) is 0 Å². The molecular formula is C47H42Cl2N8O4S. The molecule has 0 radical (unpaired) electrons. The van der Waals surface area contributed by atoms with Crippen molar-refractivity contribution in [2.75, 3.05) is 48.0 Å². The summed E-state index contributed by atoms with van der Waals surface area (Å²) < 4.78 is 26.8. The van der Waals surface area contributed by atoms with Crippen molar-refractivity contribution < 1.29 is 8.42 Å². The first-order chi connectivity index (χ1) is 29.8. The Kier molecular flexibility index (Phi) is 12.1. The quantitative estimate of drug-likeness (QED) is 0.136. The average Bonchev–Trinajstić information content (AvgIpc) is 3.27. The number of aryl methyl sites for hydroxylation is 2. The minimum atomic E-state index is -3.32. The molecule has 4 aromatic heterocycles. The second-order valence-electron chi connectivity index (χ2n) is 14.9. The maximum absolute atomic E-state index is 13.1. The minimum Gasteiger partial charge on any atom is -0.369 e. The van der Waals surface area contributed by atoms with Gasteiger partial charge in [0.05, 0.1) is 15.9 Å². The van der Waals surface area contributed by atoms with Crippen molar-refractivity contribution in [3.05, 3.63) is 164 Å². The van der Waals surface area contributed by atoms with Gasteiger partial charge in [0.1, 0.15) is 11.6 Å². The number of fused-ring (bicyclic) bond motifs is 2. The lowest BCUT2D eigenvalue weighted by Crippen LogP contribution is -2.43. The lowest BCUT2D eigenvalue weighted by atomic mass is 10.1. The molecule has 12 nitrogen and oxygen atoms in total. The van der Waals surface area contributed by atoms with Crippen LogP contribution in [0.5, 0.6) is 0 Å². The molecule has 0 atom stereocenters. The molecular weight excluding hydrogens is 844 g/mol. The first kappa shape index (κ1) is 42.2. The Labute approximate surface area is 368 Å². The average molecular weight is 886 g/mol. The molecule has 0 amide bonds. The number of aromatic nitrogens is 4. The van der Waals surface area contributed by atoms with Crippen molar-refractivity contribution >= 4 is 83.5 Å². The Hall–Kier alpha value is -6.51. The molecule has 4 aromatic carbocycles. The van der Waals surface area contributed by atoms with Gasteiger partial charge in [0, 0.05) is 131 Å². The van der Waals surface area contributed by atoms with Crippen molar-refractivity contribution in [1.82, 2.24) is 24.4 Å². The van der Waals surface area contributed by atoms with Crippen LogP contribution in [0, 0.1) is 0 Å². The van der Waals surface area contributed by atoms with Gasteiger partial charge in [-0.1, -0.05) is 71.7 Å². The number of sulfone groups is 1. The fourth-order valence-corrected chi connectivity index (χ4v) is 8.56. The Morgan fingerprint density at radius 1 is 0.597 bits per heavy atom. The van der Waals surface area contributed by atoms with Crippen LogP contribution < -0.4 is 32.0 Å². The van der Waals surface area contributed by atoms with Gasteiger partial charge in [0.15, 0.2) is 9.84 Å². The molecule has 314 valence electrons. The fourth-order valence-electron chi connectivity index (χ4n) is 7.41. The van der Waals surface area contributed by atoms with Crippen molar-refractivity contribution in [1.29, 1.82) is 0 Å². The van der Waals surface area contributed by atoms with E-state index in [-0.39, 0.29) is 16.0 Å². The number of pyridine rings is 4. The summed E-state index contributed by atoms with van der Waals surface area (Å²) in [6.07, 6.45) is 4.61. The van der Waals surface area contributed by atoms with Crippen LogP contribution in [0.2, 0.25) is 10.0 Å². The van der Waals surface area contributed by atoms with E-state index in [1.54, 1.807) is 78.1 Å². The highest BCUT2D eigenvalue weighted by atomic mass is 35.5. The third-order valence-corrected chi connectivity index (χ3v) is 12.4. The third-order valence-electron chi connectivity index (χ3n) is 10.7. The SMILES string of the molecule is Cn1c(=O)c(-c2ccccc2Cl)cc2cnc(Nc3cccc(N4CCNCC4)c3)cc21.Cn1c(=O)c(-c2ccccc2Cl)cc2cnc(Nc3cccc(S(C)(=O)=O)c3)cc21. The first-order valence-electron chi connectivity index (χ1n) is 19.7. The molecule has 5 heterocycles. The normalized spacial score (nSPS) is 12.8. The topological polar surface area (TPSA) is 143 Å². The number of rotatable bonds is 8. The molecule has 0 unspecified atom stereocenters. The molecule has 9 rings (SSSR count). The number of nitrogens with zero attached hydrogens (tertiary/aromatic N) is 5. The number of benzene rings is 4. The lowest BCUT2D eigenvalue weighted by molar-refractivity contribution is 0.589. The third kappa shape index (κ3) is 9.07. The summed E-state index contributed by atoms with van der Waals surface area (Å²) in [5.74, 6) is 1.18. The molecule has 1 saturated heterocycles. The van der Waals surface area contributed by atoms with Crippen molar-refractivity contribution in [3.8, 4) is 22.3 Å². The number of hydrogen-bond donors (Lipinski definition) is 3. The van der Waals surface area contributed by atoms with E-state index in [4.69, 9.17) is 23.2 Å². The van der Waals surface area contributed by atoms with Crippen LogP contribution in [0.3, 0.4) is 0 Å². The van der Waals surface area contributed by atoms with E-state index in [9.17, 15) is 18.0 Å². The summed E-state index contributed by atoms with van der Waals surface area (Å²) in [5, 5.41) is 12.6. The van der Waals surface area contributed by atoms with Gasteiger partial charge < -0.3 is 30.0 Å². The van der Waals surface area contributed by atoms with Gasteiger partial charge >= 0.3 is 0 Å². The van der Waals surface area contributed by atoms with Gasteiger partial charge in [-0.2, -0.15) is 0 Å². The summed E-state index contributed by atoms with van der Waals surface area (Å²) >= 11 is 12.6. The van der Waals surface area contributed by atoms with Gasteiger partial charge in [-0.05, 0) is 60.7 Å². The van der Waals surface area contributed by atoms with Gasteiger partial charge in [0.25, 0.3) is 11.1 Å². The van der Waals surface area contributed by atoms with Crippen LogP contribution >= 0.6 is 23.2 Å². The highest BCUT2D eigenvalue weighted by Crippen LogP contribution is 2.30. The lowest BCUT2D eigenvalue weighted by Gasteiger charge is -2.29. The van der Waals surface area contributed by atoms with Crippen LogP contribution in [0.15, 0.2) is 148 Å². The molecule has 3 N–H and O–H groups in total. The molecule has 0 saturated carbocycles. The summed E-state index contributed by atoms with van der Waals surface area (Å²) in [4.78, 5) is 37.6. The van der Waals surface area contributed by atoms with Crippen LogP contribution in [0.4, 0.5) is 28.7 Å². The van der Waals surface area contributed by atoms with E-state index < -0.39 is 9.84 Å². The second-order valence-corrected chi connectivity index (χ2v) is 17.7. The van der Waals surface area contributed by atoms with Gasteiger partial charge in [0.2, 0.25) is 0 Å². The maximum Gasteiger partial charge on any atom is 0.258 e. The van der Waals surface area contributed by atoms with Crippen LogP contribution in [-0.2, 0) is 23.9 Å². The summed E-state index contributed by atoms with van der Waals surface area (Å²) in [7, 11) is 0.155. The molecule has 0 bridgehead atoms. The smallest absolute Gasteiger partial charge is 0.258 e. The number of piperazine rings is 1. The number of hydrogen-bond acceptors (Lipinski definition) is 10. The van der Waals surface area contributed by atoms with E-state index in [1.165, 1.54) is 11.8 Å². The minimum absolute atomic E-state index is 0.0940. The Bertz CT molecular complexity index is 3220. The van der Waals surface area contributed by atoms with Crippen molar-refractivity contribution in [2.45, 2.75) is 4.90 Å². The molecule has 1 aliphatic rings. The van der Waals surface area contributed by atoms with E-state index in [0.717, 1.165) is 60.0 Å². The molecule has 8 aromatic rings. The van der Waals surface area contributed by atoms with E-state index in [0.29, 0.717) is 49.6 Å². The highest BCUT2D eigenvalue weighted by Gasteiger charge is 2.16. The number of anilines is 5. The Morgan fingerprint density at radius 2 is 1.08 bits per heavy atom. The molecule has 62 heavy (non-hydrogen) atoms. The van der Waals surface area contributed by atoms with Crippen LogP contribution in [0.1, 0.15) is 0 Å². The molecule has 0 aliphatic carbocycles. The van der Waals surface area contributed by atoms with E-state index in [2.05, 4.69) is 43.0 Å². The number of halogens is 2. The molecule has 1 fully saturated rings. The standard InChI is InChI=1S/C25H24ClN5O.C22H18ClN3O3S/c1-30-23-15-24(29-18-5-4-6-19(14-18)31-11-9-27-10-12-31)28-16-17(23)13-21(25(30)32)20-7-2-3-8-22(20)26;1-26-20-12-21(25-15-6-5-7-16(11-15)30(2,28)29)24-13-14(20)10-18(22(26)27)17-8-3-4-9-19(17)23/h2-8,13-16,27H,9-12H2,1H3,(H,28,29);3-13H,1-2H3,(H,24,25). The highest BCUT2D eigenvalue weighted by molar-refractivity contribution is 7.90. The summed E-state index contributed by atoms with van der Waals surface area (Å²) in [5.41, 5.74) is 6.42. The first-order valence-corrected chi connectivity index (χ1v) is 22.4. The predicted octanol–water partition coefficient (Wildman–Crippen LogP) is 8.81. The van der Waals surface area contributed by atoms with Crippen LogP contribution in [0.25, 0.3) is 44.1 Å². The maximum atomic E-state index is 13.1. The Morgan fingerprint density at radius 3 is 1.58 bits per heavy atom.